The number of aromatic nitrogens is 4. The van der Waals surface area contributed by atoms with Gasteiger partial charge in [0.2, 0.25) is 17.8 Å². The highest BCUT2D eigenvalue weighted by Crippen LogP contribution is 2.20. The Kier molecular flexibility index (Phi) is 5.37. The molecular formula is C17H22N6O2. The molecule has 0 bridgehead atoms. The zero-order valence-electron chi connectivity index (χ0n) is 14.2. The van der Waals surface area contributed by atoms with Gasteiger partial charge >= 0.3 is 0 Å². The van der Waals surface area contributed by atoms with Crippen LogP contribution in [0, 0.1) is 5.92 Å². The Morgan fingerprint density at radius 1 is 1.32 bits per heavy atom. The van der Waals surface area contributed by atoms with Crippen molar-refractivity contribution >= 4 is 17.8 Å². The van der Waals surface area contributed by atoms with Gasteiger partial charge in [-0.15, -0.1) is 5.10 Å². The van der Waals surface area contributed by atoms with Crippen molar-refractivity contribution < 1.29 is 9.59 Å². The van der Waals surface area contributed by atoms with E-state index in [4.69, 9.17) is 0 Å². The molecule has 2 N–H and O–H groups in total. The van der Waals surface area contributed by atoms with Crippen molar-refractivity contribution in [1.82, 2.24) is 25.1 Å². The largest absolute Gasteiger partial charge is 0.343 e. The maximum atomic E-state index is 12.4. The molecule has 1 aliphatic heterocycles. The number of pyridine rings is 1. The number of carbonyl (C=O) groups is 2. The zero-order chi connectivity index (χ0) is 17.6. The first-order valence-electron chi connectivity index (χ1n) is 8.60. The van der Waals surface area contributed by atoms with Crippen LogP contribution in [0.15, 0.2) is 24.4 Å². The molecule has 0 spiro atoms. The summed E-state index contributed by atoms with van der Waals surface area (Å²) in [6.45, 7) is 3.25. The third-order valence-electron chi connectivity index (χ3n) is 4.31. The Labute approximate surface area is 146 Å². The van der Waals surface area contributed by atoms with Gasteiger partial charge in [0, 0.05) is 31.6 Å². The highest BCUT2D eigenvalue weighted by Gasteiger charge is 2.27. The summed E-state index contributed by atoms with van der Waals surface area (Å²) in [5.74, 6) is 0.706. The molecule has 0 aliphatic carbocycles. The predicted molar refractivity (Wildman–Crippen MR) is 92.5 cm³/mol. The van der Waals surface area contributed by atoms with Gasteiger partial charge in [-0.3, -0.25) is 25.0 Å². The second kappa shape index (κ2) is 7.87. The van der Waals surface area contributed by atoms with Crippen LogP contribution in [-0.2, 0) is 9.59 Å². The van der Waals surface area contributed by atoms with Crippen molar-refractivity contribution in [1.29, 1.82) is 0 Å². The van der Waals surface area contributed by atoms with E-state index in [1.807, 2.05) is 30.0 Å². The van der Waals surface area contributed by atoms with Gasteiger partial charge in [0.05, 0.1) is 0 Å². The molecule has 3 rings (SSSR count). The van der Waals surface area contributed by atoms with Crippen LogP contribution in [0.4, 0.5) is 5.95 Å². The molecule has 2 amide bonds. The molecule has 1 saturated heterocycles. The van der Waals surface area contributed by atoms with Crippen LogP contribution < -0.4 is 5.32 Å². The average molecular weight is 342 g/mol. The van der Waals surface area contributed by atoms with E-state index in [9.17, 15) is 9.59 Å². The zero-order valence-corrected chi connectivity index (χ0v) is 14.2. The monoisotopic (exact) mass is 342 g/mol. The van der Waals surface area contributed by atoms with Crippen LogP contribution in [-0.4, -0.2) is 50.0 Å². The quantitative estimate of drug-likeness (QED) is 0.863. The molecule has 0 saturated carbocycles. The molecule has 0 aromatic carbocycles. The summed E-state index contributed by atoms with van der Waals surface area (Å²) in [7, 11) is 0. The van der Waals surface area contributed by atoms with Crippen LogP contribution in [0.2, 0.25) is 0 Å². The Morgan fingerprint density at radius 2 is 2.12 bits per heavy atom. The van der Waals surface area contributed by atoms with E-state index in [1.54, 1.807) is 6.20 Å². The molecule has 0 atom stereocenters. The van der Waals surface area contributed by atoms with Crippen molar-refractivity contribution in [3.05, 3.63) is 24.4 Å². The first-order chi connectivity index (χ1) is 12.2. The molecule has 2 aromatic heterocycles. The SMILES string of the molecule is CCCC(=O)N1CCC(C(=O)Nc2n[nH]c(-c3ccccn3)n2)CC1. The average Bonchev–Trinajstić information content (AvgIpc) is 3.11. The van der Waals surface area contributed by atoms with Crippen LogP contribution in [0.1, 0.15) is 32.6 Å². The standard InChI is InChI=1S/C17H22N6O2/c1-2-5-14(24)23-10-7-12(8-11-23)16(25)20-17-19-15(21-22-17)13-6-3-4-9-18-13/h3-4,6,9,12H,2,5,7-8,10-11H2,1H3,(H2,19,20,21,22,25). The number of likely N-dealkylation sites (tertiary alicyclic amines) is 1. The number of nitrogens with zero attached hydrogens (tertiary/aromatic N) is 4. The van der Waals surface area contributed by atoms with Crippen LogP contribution >= 0.6 is 0 Å². The van der Waals surface area contributed by atoms with Crippen LogP contribution in [0.3, 0.4) is 0 Å². The smallest absolute Gasteiger partial charge is 0.249 e. The molecule has 0 unspecified atom stereocenters. The summed E-state index contributed by atoms with van der Waals surface area (Å²) in [6.07, 6.45) is 4.42. The normalized spacial score (nSPS) is 15.2. The molecule has 25 heavy (non-hydrogen) atoms. The molecular weight excluding hydrogens is 320 g/mol. The van der Waals surface area contributed by atoms with E-state index in [1.165, 1.54) is 0 Å². The van der Waals surface area contributed by atoms with E-state index in [2.05, 4.69) is 25.5 Å². The Balaban J connectivity index is 1.54. The lowest BCUT2D eigenvalue weighted by Crippen LogP contribution is -2.41. The molecule has 0 radical (unpaired) electrons. The molecule has 8 nitrogen and oxygen atoms in total. The Bertz CT molecular complexity index is 722. The van der Waals surface area contributed by atoms with Crippen molar-refractivity contribution in [2.45, 2.75) is 32.6 Å². The number of amides is 2. The fraction of sp³-hybridized carbons (Fsp3) is 0.471. The fourth-order valence-electron chi connectivity index (χ4n) is 2.91. The van der Waals surface area contributed by atoms with Crippen molar-refractivity contribution in [2.24, 2.45) is 5.92 Å². The number of hydrogen-bond acceptors (Lipinski definition) is 5. The van der Waals surface area contributed by atoms with E-state index < -0.39 is 0 Å². The maximum absolute atomic E-state index is 12.4. The minimum atomic E-state index is -0.123. The summed E-state index contributed by atoms with van der Waals surface area (Å²) in [5, 5.41) is 9.54. The molecule has 2 aromatic rings. The summed E-state index contributed by atoms with van der Waals surface area (Å²) < 4.78 is 0. The molecule has 132 valence electrons. The van der Waals surface area contributed by atoms with Gasteiger partial charge < -0.3 is 4.90 Å². The van der Waals surface area contributed by atoms with Gasteiger partial charge in [-0.05, 0) is 31.4 Å². The lowest BCUT2D eigenvalue weighted by Gasteiger charge is -2.31. The van der Waals surface area contributed by atoms with E-state index in [0.29, 0.717) is 43.9 Å². The van der Waals surface area contributed by atoms with Crippen molar-refractivity contribution in [3.63, 3.8) is 0 Å². The summed E-state index contributed by atoms with van der Waals surface area (Å²) in [6, 6.07) is 5.49. The van der Waals surface area contributed by atoms with Crippen molar-refractivity contribution in [3.8, 4) is 11.5 Å². The number of carbonyl (C=O) groups excluding carboxylic acids is 2. The minimum Gasteiger partial charge on any atom is -0.343 e. The topological polar surface area (TPSA) is 104 Å². The van der Waals surface area contributed by atoms with Gasteiger partial charge in [0.15, 0.2) is 5.82 Å². The molecule has 8 heteroatoms. The highest BCUT2D eigenvalue weighted by molar-refractivity contribution is 5.91. The second-order valence-corrected chi connectivity index (χ2v) is 6.12. The first-order valence-corrected chi connectivity index (χ1v) is 8.60. The fourth-order valence-corrected chi connectivity index (χ4v) is 2.91. The van der Waals surface area contributed by atoms with E-state index >= 15 is 0 Å². The van der Waals surface area contributed by atoms with E-state index in [-0.39, 0.29) is 23.7 Å². The molecule has 3 heterocycles. The predicted octanol–water partition coefficient (Wildman–Crippen LogP) is 1.84. The van der Waals surface area contributed by atoms with E-state index in [0.717, 1.165) is 6.42 Å². The number of H-pyrrole nitrogens is 1. The number of piperidine rings is 1. The van der Waals surface area contributed by atoms with Gasteiger partial charge in [-0.2, -0.15) is 4.98 Å². The van der Waals surface area contributed by atoms with Crippen molar-refractivity contribution in [2.75, 3.05) is 18.4 Å². The highest BCUT2D eigenvalue weighted by atomic mass is 16.2. The lowest BCUT2D eigenvalue weighted by molar-refractivity contribution is -0.134. The number of hydrogen-bond donors (Lipinski definition) is 2. The second-order valence-electron chi connectivity index (χ2n) is 6.12. The minimum absolute atomic E-state index is 0.103. The number of nitrogens with one attached hydrogen (secondary N) is 2. The third-order valence-corrected chi connectivity index (χ3v) is 4.31. The Morgan fingerprint density at radius 3 is 2.80 bits per heavy atom. The first kappa shape index (κ1) is 17.1. The lowest BCUT2D eigenvalue weighted by atomic mass is 9.95. The maximum Gasteiger partial charge on any atom is 0.249 e. The summed E-state index contributed by atoms with van der Waals surface area (Å²) in [4.78, 5) is 34.6. The van der Waals surface area contributed by atoms with Gasteiger partial charge in [-0.25, -0.2) is 0 Å². The molecule has 1 aliphatic rings. The number of rotatable bonds is 5. The van der Waals surface area contributed by atoms with Gasteiger partial charge in [-0.1, -0.05) is 13.0 Å². The van der Waals surface area contributed by atoms with Gasteiger partial charge in [0.1, 0.15) is 5.69 Å². The Hall–Kier alpha value is -2.77. The number of anilines is 1. The van der Waals surface area contributed by atoms with Crippen LogP contribution in [0.25, 0.3) is 11.5 Å². The summed E-state index contributed by atoms with van der Waals surface area (Å²) in [5.41, 5.74) is 0.665. The summed E-state index contributed by atoms with van der Waals surface area (Å²) >= 11 is 0. The van der Waals surface area contributed by atoms with Gasteiger partial charge in [0.25, 0.3) is 0 Å². The molecule has 1 fully saturated rings. The third kappa shape index (κ3) is 4.20. The number of aromatic amines is 1. The van der Waals surface area contributed by atoms with Crippen LogP contribution in [0.5, 0.6) is 0 Å².